The quantitative estimate of drug-likeness (QED) is 0.734. The Labute approximate surface area is 149 Å². The number of aromatic nitrogens is 5. The third kappa shape index (κ3) is 3.08. The Morgan fingerprint density at radius 1 is 1.31 bits per heavy atom. The van der Waals surface area contributed by atoms with Crippen LogP contribution in [0, 0.1) is 0 Å². The molecule has 3 heterocycles. The van der Waals surface area contributed by atoms with Crippen LogP contribution in [-0.4, -0.2) is 49.0 Å². The van der Waals surface area contributed by atoms with Crippen LogP contribution < -0.4 is 5.73 Å². The van der Waals surface area contributed by atoms with E-state index in [1.54, 1.807) is 15.8 Å². The Balaban J connectivity index is 1.55. The average molecular weight is 353 g/mol. The van der Waals surface area contributed by atoms with Crippen LogP contribution in [0.5, 0.6) is 0 Å². The number of likely N-dealkylation sites (tertiary alicyclic amines) is 1. The second-order valence-electron chi connectivity index (χ2n) is 6.13. The highest BCUT2D eigenvalue weighted by Gasteiger charge is 2.35. The zero-order chi connectivity index (χ0) is 17.9. The molecule has 134 valence electrons. The molecule has 9 heteroatoms. The van der Waals surface area contributed by atoms with Gasteiger partial charge in [-0.3, -0.25) is 9.48 Å². The summed E-state index contributed by atoms with van der Waals surface area (Å²) >= 11 is 0. The van der Waals surface area contributed by atoms with Crippen molar-refractivity contribution in [3.05, 3.63) is 48.1 Å². The van der Waals surface area contributed by atoms with E-state index >= 15 is 0 Å². The van der Waals surface area contributed by atoms with Gasteiger partial charge in [-0.15, -0.1) is 5.10 Å². The first-order valence-corrected chi connectivity index (χ1v) is 8.56. The summed E-state index contributed by atoms with van der Waals surface area (Å²) in [6.45, 7) is 1.58. The van der Waals surface area contributed by atoms with E-state index in [-0.39, 0.29) is 11.9 Å². The number of rotatable bonds is 5. The van der Waals surface area contributed by atoms with Gasteiger partial charge in [-0.05, 0) is 12.8 Å². The summed E-state index contributed by atoms with van der Waals surface area (Å²) in [5.41, 5.74) is 6.68. The van der Waals surface area contributed by atoms with E-state index in [4.69, 9.17) is 10.3 Å². The van der Waals surface area contributed by atoms with Gasteiger partial charge in [0.15, 0.2) is 5.69 Å². The third-order valence-electron chi connectivity index (χ3n) is 4.39. The molecule has 9 nitrogen and oxygen atoms in total. The number of nitrogens with two attached hydrogens (primary N) is 1. The van der Waals surface area contributed by atoms with Crippen molar-refractivity contribution in [1.29, 1.82) is 0 Å². The molecule has 2 N–H and O–H groups in total. The predicted molar refractivity (Wildman–Crippen MR) is 91.8 cm³/mol. The monoisotopic (exact) mass is 353 g/mol. The molecule has 1 saturated heterocycles. The largest absolute Gasteiger partial charge is 0.337 e. The molecule has 1 atom stereocenters. The molecule has 0 unspecified atom stereocenters. The second-order valence-corrected chi connectivity index (χ2v) is 6.13. The third-order valence-corrected chi connectivity index (χ3v) is 4.39. The van der Waals surface area contributed by atoms with E-state index in [0.717, 1.165) is 18.4 Å². The smallest absolute Gasteiger partial charge is 0.276 e. The lowest BCUT2D eigenvalue weighted by Crippen LogP contribution is -2.31. The first-order chi connectivity index (χ1) is 12.8. The van der Waals surface area contributed by atoms with Crippen LogP contribution in [-0.2, 0) is 6.54 Å². The molecule has 1 aliphatic rings. The number of carbonyl (C=O) groups excluding carboxylic acids is 1. The fourth-order valence-corrected chi connectivity index (χ4v) is 3.13. The Kier molecular flexibility index (Phi) is 4.44. The Morgan fingerprint density at radius 3 is 2.96 bits per heavy atom. The van der Waals surface area contributed by atoms with Gasteiger partial charge in [0, 0.05) is 18.7 Å². The van der Waals surface area contributed by atoms with Gasteiger partial charge < -0.3 is 15.2 Å². The van der Waals surface area contributed by atoms with Crippen molar-refractivity contribution < 1.29 is 9.32 Å². The molecule has 0 bridgehead atoms. The van der Waals surface area contributed by atoms with E-state index in [1.807, 2.05) is 30.3 Å². The molecule has 0 aliphatic carbocycles. The highest BCUT2D eigenvalue weighted by molar-refractivity contribution is 5.92. The molecule has 26 heavy (non-hydrogen) atoms. The summed E-state index contributed by atoms with van der Waals surface area (Å²) < 4.78 is 7.02. The van der Waals surface area contributed by atoms with Crippen molar-refractivity contribution in [2.24, 2.45) is 5.73 Å². The van der Waals surface area contributed by atoms with Crippen molar-refractivity contribution in [3.63, 3.8) is 0 Å². The van der Waals surface area contributed by atoms with Gasteiger partial charge in [-0.1, -0.05) is 40.7 Å². The molecule has 1 amide bonds. The lowest BCUT2D eigenvalue weighted by molar-refractivity contribution is 0.0704. The molecule has 1 aliphatic heterocycles. The van der Waals surface area contributed by atoms with Crippen molar-refractivity contribution in [2.45, 2.75) is 25.4 Å². The Morgan fingerprint density at radius 2 is 2.15 bits per heavy atom. The SMILES string of the molecule is NCCn1cc(C(=O)N2CCC[C@H]2c2nc(-c3ccccc3)no2)nn1. The summed E-state index contributed by atoms with van der Waals surface area (Å²) in [6.07, 6.45) is 3.27. The van der Waals surface area contributed by atoms with Gasteiger partial charge in [-0.25, -0.2) is 0 Å². The van der Waals surface area contributed by atoms with Crippen LogP contribution in [0.15, 0.2) is 41.1 Å². The molecular formula is C17H19N7O2. The number of amides is 1. The second kappa shape index (κ2) is 7.04. The van der Waals surface area contributed by atoms with Gasteiger partial charge in [0.2, 0.25) is 11.7 Å². The zero-order valence-corrected chi connectivity index (χ0v) is 14.2. The molecule has 1 aromatic carbocycles. The van der Waals surface area contributed by atoms with Crippen LogP contribution in [0.1, 0.15) is 35.3 Å². The van der Waals surface area contributed by atoms with E-state index in [9.17, 15) is 4.79 Å². The normalized spacial score (nSPS) is 17.0. The number of carbonyl (C=O) groups is 1. The van der Waals surface area contributed by atoms with Gasteiger partial charge in [0.05, 0.1) is 12.7 Å². The van der Waals surface area contributed by atoms with Gasteiger partial charge in [-0.2, -0.15) is 4.98 Å². The average Bonchev–Trinajstić information content (AvgIpc) is 3.42. The van der Waals surface area contributed by atoms with Crippen molar-refractivity contribution in [1.82, 2.24) is 30.0 Å². The number of hydrogen-bond donors (Lipinski definition) is 1. The summed E-state index contributed by atoms with van der Waals surface area (Å²) in [5, 5.41) is 11.9. The standard InChI is InChI=1S/C17H19N7O2/c18-8-10-23-11-13(20-22-23)17(25)24-9-4-7-14(24)16-19-15(21-26-16)12-5-2-1-3-6-12/h1-3,5-6,11,14H,4,7-10,18H2/t14-/m0/s1. The van der Waals surface area contributed by atoms with Crippen molar-refractivity contribution >= 4 is 5.91 Å². The summed E-state index contributed by atoms with van der Waals surface area (Å²) in [4.78, 5) is 19.0. The first-order valence-electron chi connectivity index (χ1n) is 8.56. The zero-order valence-electron chi connectivity index (χ0n) is 14.2. The van der Waals surface area contributed by atoms with Crippen molar-refractivity contribution in [3.8, 4) is 11.4 Å². The highest BCUT2D eigenvalue weighted by Crippen LogP contribution is 2.32. The maximum absolute atomic E-state index is 12.8. The van der Waals surface area contributed by atoms with E-state index in [1.165, 1.54) is 0 Å². The Bertz CT molecular complexity index is 889. The van der Waals surface area contributed by atoms with Crippen LogP contribution >= 0.6 is 0 Å². The molecule has 4 rings (SSSR count). The van der Waals surface area contributed by atoms with Crippen LogP contribution in [0.4, 0.5) is 0 Å². The van der Waals surface area contributed by atoms with Gasteiger partial charge in [0.1, 0.15) is 6.04 Å². The molecule has 0 radical (unpaired) electrons. The fraction of sp³-hybridized carbons (Fsp3) is 0.353. The predicted octanol–water partition coefficient (Wildman–Crippen LogP) is 1.26. The molecule has 0 saturated carbocycles. The maximum Gasteiger partial charge on any atom is 0.276 e. The van der Waals surface area contributed by atoms with Crippen molar-refractivity contribution in [2.75, 3.05) is 13.1 Å². The summed E-state index contributed by atoms with van der Waals surface area (Å²) in [6, 6.07) is 9.36. The molecular weight excluding hydrogens is 334 g/mol. The lowest BCUT2D eigenvalue weighted by Gasteiger charge is -2.20. The summed E-state index contributed by atoms with van der Waals surface area (Å²) in [7, 11) is 0. The number of nitrogens with zero attached hydrogens (tertiary/aromatic N) is 6. The van der Waals surface area contributed by atoms with E-state index < -0.39 is 0 Å². The topological polar surface area (TPSA) is 116 Å². The number of benzene rings is 1. The van der Waals surface area contributed by atoms with E-state index in [2.05, 4.69) is 20.5 Å². The van der Waals surface area contributed by atoms with E-state index in [0.29, 0.717) is 37.0 Å². The first kappa shape index (κ1) is 16.4. The van der Waals surface area contributed by atoms with Gasteiger partial charge in [0.25, 0.3) is 5.91 Å². The minimum Gasteiger partial charge on any atom is -0.337 e. The highest BCUT2D eigenvalue weighted by atomic mass is 16.5. The van der Waals surface area contributed by atoms with Crippen LogP contribution in [0.2, 0.25) is 0 Å². The molecule has 1 fully saturated rings. The molecule has 3 aromatic rings. The number of hydrogen-bond acceptors (Lipinski definition) is 7. The fourth-order valence-electron chi connectivity index (χ4n) is 3.13. The lowest BCUT2D eigenvalue weighted by atomic mass is 10.2. The molecule has 2 aromatic heterocycles. The van der Waals surface area contributed by atoms with Gasteiger partial charge >= 0.3 is 0 Å². The minimum absolute atomic E-state index is 0.185. The molecule has 0 spiro atoms. The van der Waals surface area contributed by atoms with Crippen LogP contribution in [0.3, 0.4) is 0 Å². The maximum atomic E-state index is 12.8. The minimum atomic E-state index is -0.243. The Hall–Kier alpha value is -3.07. The van der Waals surface area contributed by atoms with Crippen LogP contribution in [0.25, 0.3) is 11.4 Å². The summed E-state index contributed by atoms with van der Waals surface area (Å²) in [5.74, 6) is 0.785.